The van der Waals surface area contributed by atoms with E-state index in [1.54, 1.807) is 6.08 Å². The van der Waals surface area contributed by atoms with Gasteiger partial charge in [-0.15, -0.1) is 0 Å². The number of allylic oxidation sites excluding steroid dienone is 2. The Morgan fingerprint density at radius 1 is 1.12 bits per heavy atom. The molecule has 2 heteroatoms. The Morgan fingerprint density at radius 3 is 2.38 bits per heavy atom. The van der Waals surface area contributed by atoms with E-state index in [1.807, 2.05) is 37.3 Å². The highest BCUT2D eigenvalue weighted by Gasteiger charge is 2.16. The molecule has 0 bridgehead atoms. The second-order valence-electron chi connectivity index (χ2n) is 3.98. The van der Waals surface area contributed by atoms with Gasteiger partial charge in [0.2, 0.25) is 0 Å². The van der Waals surface area contributed by atoms with Crippen LogP contribution in [-0.2, 0) is 4.79 Å². The molecule has 2 rings (SSSR count). The summed E-state index contributed by atoms with van der Waals surface area (Å²) in [5.41, 5.74) is 3.44. The highest BCUT2D eigenvalue weighted by Crippen LogP contribution is 2.28. The van der Waals surface area contributed by atoms with E-state index in [0.29, 0.717) is 5.57 Å². The SMILES string of the molecule is Cc1ccc(C2=CCCC=C2C(=O)O)cc1. The van der Waals surface area contributed by atoms with Crippen LogP contribution in [0.4, 0.5) is 0 Å². The number of aryl methyl sites for hydroxylation is 1. The van der Waals surface area contributed by atoms with Crippen LogP contribution in [-0.4, -0.2) is 11.1 Å². The Labute approximate surface area is 94.9 Å². The lowest BCUT2D eigenvalue weighted by molar-refractivity contribution is -0.132. The van der Waals surface area contributed by atoms with E-state index in [1.165, 1.54) is 5.56 Å². The fourth-order valence-electron chi connectivity index (χ4n) is 1.88. The fraction of sp³-hybridized carbons (Fsp3) is 0.214. The summed E-state index contributed by atoms with van der Waals surface area (Å²) in [7, 11) is 0. The van der Waals surface area contributed by atoms with E-state index < -0.39 is 5.97 Å². The summed E-state index contributed by atoms with van der Waals surface area (Å²) in [6, 6.07) is 7.96. The molecule has 0 saturated carbocycles. The van der Waals surface area contributed by atoms with Gasteiger partial charge < -0.3 is 5.11 Å². The molecular formula is C14H14O2. The minimum Gasteiger partial charge on any atom is -0.478 e. The predicted octanol–water partition coefficient (Wildman–Crippen LogP) is 3.18. The molecule has 2 nitrogen and oxygen atoms in total. The average molecular weight is 214 g/mol. The summed E-state index contributed by atoms with van der Waals surface area (Å²) in [6.07, 6.45) is 5.54. The van der Waals surface area contributed by atoms with Crippen LogP contribution >= 0.6 is 0 Å². The first-order valence-electron chi connectivity index (χ1n) is 5.39. The van der Waals surface area contributed by atoms with Crippen LogP contribution in [0.3, 0.4) is 0 Å². The summed E-state index contributed by atoms with van der Waals surface area (Å²) in [5.74, 6) is -0.841. The van der Waals surface area contributed by atoms with Gasteiger partial charge in [-0.05, 0) is 30.9 Å². The van der Waals surface area contributed by atoms with Crippen molar-refractivity contribution in [1.82, 2.24) is 0 Å². The largest absolute Gasteiger partial charge is 0.478 e. The van der Waals surface area contributed by atoms with Crippen LogP contribution < -0.4 is 0 Å². The molecule has 0 unspecified atom stereocenters. The molecule has 0 fully saturated rings. The molecule has 0 saturated heterocycles. The molecule has 0 radical (unpaired) electrons. The van der Waals surface area contributed by atoms with Crippen molar-refractivity contribution in [1.29, 1.82) is 0 Å². The molecule has 0 aromatic heterocycles. The summed E-state index contributed by atoms with van der Waals surface area (Å²) in [4.78, 5) is 11.1. The molecule has 0 atom stereocenters. The lowest BCUT2D eigenvalue weighted by Gasteiger charge is -2.13. The first-order chi connectivity index (χ1) is 7.68. The van der Waals surface area contributed by atoms with Gasteiger partial charge in [-0.3, -0.25) is 0 Å². The van der Waals surface area contributed by atoms with Crippen LogP contribution in [0, 0.1) is 6.92 Å². The lowest BCUT2D eigenvalue weighted by Crippen LogP contribution is -2.05. The Hall–Kier alpha value is -1.83. The molecule has 0 amide bonds. The Balaban J connectivity index is 2.39. The van der Waals surface area contributed by atoms with Gasteiger partial charge in [0.1, 0.15) is 0 Å². The number of benzene rings is 1. The van der Waals surface area contributed by atoms with Crippen molar-refractivity contribution in [3.8, 4) is 0 Å². The minimum absolute atomic E-state index is 0.426. The number of carboxylic acids is 1. The number of hydrogen-bond acceptors (Lipinski definition) is 1. The molecule has 1 aromatic carbocycles. The monoisotopic (exact) mass is 214 g/mol. The molecule has 0 aliphatic heterocycles. The zero-order valence-electron chi connectivity index (χ0n) is 9.23. The number of carbonyl (C=O) groups is 1. The summed E-state index contributed by atoms with van der Waals surface area (Å²) >= 11 is 0. The van der Waals surface area contributed by atoms with Gasteiger partial charge >= 0.3 is 5.97 Å². The Bertz CT molecular complexity index is 464. The fourth-order valence-corrected chi connectivity index (χ4v) is 1.88. The second-order valence-corrected chi connectivity index (χ2v) is 3.98. The number of aliphatic carboxylic acids is 1. The van der Waals surface area contributed by atoms with Crippen LogP contribution in [0.5, 0.6) is 0 Å². The maximum atomic E-state index is 11.1. The molecule has 0 spiro atoms. The van der Waals surface area contributed by atoms with Gasteiger partial charge in [-0.25, -0.2) is 4.79 Å². The third-order valence-electron chi connectivity index (χ3n) is 2.75. The van der Waals surface area contributed by atoms with Crippen molar-refractivity contribution in [3.63, 3.8) is 0 Å². The molecular weight excluding hydrogens is 200 g/mol. The highest BCUT2D eigenvalue weighted by molar-refractivity contribution is 6.05. The summed E-state index contributed by atoms with van der Waals surface area (Å²) in [6.45, 7) is 2.02. The lowest BCUT2D eigenvalue weighted by atomic mass is 9.91. The zero-order valence-corrected chi connectivity index (χ0v) is 9.23. The third-order valence-corrected chi connectivity index (χ3v) is 2.75. The Kier molecular flexibility index (Phi) is 2.91. The third kappa shape index (κ3) is 2.06. The highest BCUT2D eigenvalue weighted by atomic mass is 16.4. The van der Waals surface area contributed by atoms with Gasteiger partial charge in [0.15, 0.2) is 0 Å². The maximum absolute atomic E-state index is 11.1. The van der Waals surface area contributed by atoms with Crippen molar-refractivity contribution in [2.75, 3.05) is 0 Å². The molecule has 1 aliphatic rings. The molecule has 0 heterocycles. The van der Waals surface area contributed by atoms with Gasteiger partial charge in [0.05, 0.1) is 5.57 Å². The molecule has 1 N–H and O–H groups in total. The van der Waals surface area contributed by atoms with Gasteiger partial charge in [0, 0.05) is 0 Å². The predicted molar refractivity (Wildman–Crippen MR) is 64.1 cm³/mol. The van der Waals surface area contributed by atoms with Crippen LogP contribution in [0.25, 0.3) is 5.57 Å². The standard InChI is InChI=1S/C14H14O2/c1-10-6-8-11(9-7-10)12-4-2-3-5-13(12)14(15)16/h4-9H,2-3H2,1H3,(H,15,16). The smallest absolute Gasteiger partial charge is 0.335 e. The second kappa shape index (κ2) is 4.35. The van der Waals surface area contributed by atoms with Crippen LogP contribution in [0.15, 0.2) is 42.0 Å². The first-order valence-corrected chi connectivity index (χ1v) is 5.39. The normalized spacial score (nSPS) is 15.3. The number of carboxylic acid groups (broad SMARTS) is 1. The molecule has 16 heavy (non-hydrogen) atoms. The number of rotatable bonds is 2. The van der Waals surface area contributed by atoms with Gasteiger partial charge in [0.25, 0.3) is 0 Å². The van der Waals surface area contributed by atoms with E-state index >= 15 is 0 Å². The quantitative estimate of drug-likeness (QED) is 0.820. The summed E-state index contributed by atoms with van der Waals surface area (Å²) < 4.78 is 0. The van der Waals surface area contributed by atoms with E-state index in [9.17, 15) is 4.79 Å². The van der Waals surface area contributed by atoms with E-state index in [2.05, 4.69) is 0 Å². The molecule has 82 valence electrons. The minimum atomic E-state index is -0.841. The van der Waals surface area contributed by atoms with E-state index in [4.69, 9.17) is 5.11 Å². The van der Waals surface area contributed by atoms with Crippen molar-refractivity contribution in [3.05, 3.63) is 53.1 Å². The first kappa shape index (κ1) is 10.7. The Morgan fingerprint density at radius 2 is 1.75 bits per heavy atom. The number of hydrogen-bond donors (Lipinski definition) is 1. The van der Waals surface area contributed by atoms with E-state index in [0.717, 1.165) is 24.0 Å². The van der Waals surface area contributed by atoms with Crippen molar-refractivity contribution in [2.24, 2.45) is 0 Å². The van der Waals surface area contributed by atoms with Crippen molar-refractivity contribution >= 4 is 11.5 Å². The van der Waals surface area contributed by atoms with Gasteiger partial charge in [-0.1, -0.05) is 42.0 Å². The topological polar surface area (TPSA) is 37.3 Å². The van der Waals surface area contributed by atoms with Crippen molar-refractivity contribution < 1.29 is 9.90 Å². The van der Waals surface area contributed by atoms with Crippen molar-refractivity contribution in [2.45, 2.75) is 19.8 Å². The molecule has 1 aromatic rings. The van der Waals surface area contributed by atoms with E-state index in [-0.39, 0.29) is 0 Å². The van der Waals surface area contributed by atoms with Crippen LogP contribution in [0.2, 0.25) is 0 Å². The maximum Gasteiger partial charge on any atom is 0.335 e. The summed E-state index contributed by atoms with van der Waals surface area (Å²) in [5, 5.41) is 9.12. The average Bonchev–Trinajstić information content (AvgIpc) is 2.30. The van der Waals surface area contributed by atoms with Gasteiger partial charge in [-0.2, -0.15) is 0 Å². The van der Waals surface area contributed by atoms with Crippen LogP contribution in [0.1, 0.15) is 24.0 Å². The molecule has 1 aliphatic carbocycles. The zero-order chi connectivity index (χ0) is 11.5.